The maximum atomic E-state index is 12.2. The van der Waals surface area contributed by atoms with Crippen LogP contribution >= 0.6 is 11.3 Å². The minimum absolute atomic E-state index is 0.160. The van der Waals surface area contributed by atoms with Gasteiger partial charge in [0.2, 0.25) is 0 Å². The van der Waals surface area contributed by atoms with Gasteiger partial charge in [-0.2, -0.15) is 0 Å². The van der Waals surface area contributed by atoms with E-state index in [4.69, 9.17) is 5.11 Å². The fourth-order valence-corrected chi connectivity index (χ4v) is 3.29. The van der Waals surface area contributed by atoms with Crippen LogP contribution in [0.4, 0.5) is 9.93 Å². The Bertz CT molecular complexity index is 743. The number of carboxylic acid groups (broad SMARTS) is 1. The molecule has 0 saturated carbocycles. The highest BCUT2D eigenvalue weighted by molar-refractivity contribution is 7.19. The summed E-state index contributed by atoms with van der Waals surface area (Å²) in [6.45, 7) is 4.45. The number of aliphatic carboxylic acids is 1. The maximum absolute atomic E-state index is 12.2. The van der Waals surface area contributed by atoms with Crippen LogP contribution in [-0.4, -0.2) is 35.7 Å². The van der Waals surface area contributed by atoms with Crippen LogP contribution in [0.25, 0.3) is 10.4 Å². The van der Waals surface area contributed by atoms with Crippen LogP contribution < -0.4 is 10.2 Å². The first-order valence-electron chi connectivity index (χ1n) is 8.74. The van der Waals surface area contributed by atoms with Gasteiger partial charge in [-0.3, -0.25) is 9.69 Å². The summed E-state index contributed by atoms with van der Waals surface area (Å²) in [6, 6.07) is 7.25. The van der Waals surface area contributed by atoms with Crippen LogP contribution in [0, 0.1) is 0 Å². The molecule has 0 fully saturated rings. The largest absolute Gasteiger partial charge is 0.481 e. The predicted octanol–water partition coefficient (Wildman–Crippen LogP) is 4.33. The number of carboxylic acids is 1. The number of anilines is 1. The average molecular weight is 375 g/mol. The Hall–Kier alpha value is -2.41. The summed E-state index contributed by atoms with van der Waals surface area (Å²) in [4.78, 5) is 30.0. The van der Waals surface area contributed by atoms with Gasteiger partial charge < -0.3 is 10.4 Å². The van der Waals surface area contributed by atoms with Crippen molar-refractivity contribution in [1.82, 2.24) is 10.3 Å². The molecule has 0 aliphatic heterocycles. The molecule has 2 amide bonds. The van der Waals surface area contributed by atoms with Gasteiger partial charge in [-0.15, -0.1) is 0 Å². The highest BCUT2D eigenvalue weighted by Crippen LogP contribution is 2.31. The molecule has 2 N–H and O–H groups in total. The number of hydrogen-bond acceptors (Lipinski definition) is 4. The van der Waals surface area contributed by atoms with E-state index in [2.05, 4.69) is 17.2 Å². The first kappa shape index (κ1) is 19.9. The minimum Gasteiger partial charge on any atom is -0.481 e. The van der Waals surface area contributed by atoms with Gasteiger partial charge in [-0.05, 0) is 24.5 Å². The summed E-state index contributed by atoms with van der Waals surface area (Å²) < 4.78 is 0. The molecule has 0 aliphatic carbocycles. The van der Waals surface area contributed by atoms with E-state index < -0.39 is 11.9 Å². The first-order valence-corrected chi connectivity index (χ1v) is 9.56. The predicted molar refractivity (Wildman–Crippen MR) is 105 cm³/mol. The standard InChI is InChI=1S/C19H25N3O3S/c1-4-5-6-11-20-18(25)22(3)19-21-12-16(26-19)15-9-7-14(8-10-15)13(2)17(23)24/h7-10,12-13H,4-6,11H2,1-3H3,(H,20,25)(H,23,24). The molecule has 0 saturated heterocycles. The second-order valence-electron chi connectivity index (χ2n) is 6.19. The number of thiazole rings is 1. The summed E-state index contributed by atoms with van der Waals surface area (Å²) in [5, 5.41) is 12.6. The number of urea groups is 1. The van der Waals surface area contributed by atoms with E-state index >= 15 is 0 Å². The lowest BCUT2D eigenvalue weighted by molar-refractivity contribution is -0.138. The zero-order valence-corrected chi connectivity index (χ0v) is 16.2. The van der Waals surface area contributed by atoms with Crippen molar-refractivity contribution < 1.29 is 14.7 Å². The molecule has 6 nitrogen and oxygen atoms in total. The number of benzene rings is 1. The lowest BCUT2D eigenvalue weighted by Crippen LogP contribution is -2.37. The van der Waals surface area contributed by atoms with Crippen molar-refractivity contribution in [1.29, 1.82) is 0 Å². The van der Waals surface area contributed by atoms with Gasteiger partial charge in [-0.1, -0.05) is 55.4 Å². The maximum Gasteiger partial charge on any atom is 0.323 e. The van der Waals surface area contributed by atoms with E-state index in [0.29, 0.717) is 11.7 Å². The summed E-state index contributed by atoms with van der Waals surface area (Å²) >= 11 is 1.42. The zero-order valence-electron chi connectivity index (χ0n) is 15.4. The number of nitrogens with one attached hydrogen (secondary N) is 1. The van der Waals surface area contributed by atoms with Gasteiger partial charge in [0.05, 0.1) is 10.8 Å². The van der Waals surface area contributed by atoms with E-state index in [1.807, 2.05) is 24.3 Å². The molecule has 1 heterocycles. The summed E-state index contributed by atoms with van der Waals surface area (Å²) in [6.07, 6.45) is 4.92. The monoisotopic (exact) mass is 375 g/mol. The van der Waals surface area contributed by atoms with E-state index in [-0.39, 0.29) is 6.03 Å². The van der Waals surface area contributed by atoms with E-state index in [1.54, 1.807) is 20.2 Å². The normalized spacial score (nSPS) is 11.8. The Morgan fingerprint density at radius 3 is 2.58 bits per heavy atom. The Morgan fingerprint density at radius 1 is 1.27 bits per heavy atom. The van der Waals surface area contributed by atoms with Gasteiger partial charge >= 0.3 is 12.0 Å². The highest BCUT2D eigenvalue weighted by Gasteiger charge is 2.16. The van der Waals surface area contributed by atoms with Crippen LogP contribution in [0.15, 0.2) is 30.5 Å². The molecule has 7 heteroatoms. The lowest BCUT2D eigenvalue weighted by atomic mass is 10.00. The Kier molecular flexibility index (Phi) is 7.15. The van der Waals surface area contributed by atoms with Crippen molar-refractivity contribution in [2.45, 2.75) is 39.0 Å². The van der Waals surface area contributed by atoms with Crippen LogP contribution in [0.3, 0.4) is 0 Å². The molecule has 0 spiro atoms. The number of rotatable bonds is 8. The quantitative estimate of drug-likeness (QED) is 0.673. The van der Waals surface area contributed by atoms with E-state index in [9.17, 15) is 9.59 Å². The van der Waals surface area contributed by atoms with Crippen LogP contribution in [0.5, 0.6) is 0 Å². The fraction of sp³-hybridized carbons (Fsp3) is 0.421. The summed E-state index contributed by atoms with van der Waals surface area (Å²) in [7, 11) is 1.70. The second kappa shape index (κ2) is 9.33. The highest BCUT2D eigenvalue weighted by atomic mass is 32.1. The van der Waals surface area contributed by atoms with Crippen molar-refractivity contribution in [2.24, 2.45) is 0 Å². The van der Waals surface area contributed by atoms with Crippen LogP contribution in [0.1, 0.15) is 44.6 Å². The minimum atomic E-state index is -0.843. The van der Waals surface area contributed by atoms with Gasteiger partial charge in [0.25, 0.3) is 0 Å². The number of hydrogen-bond donors (Lipinski definition) is 2. The number of nitrogens with zero attached hydrogens (tertiary/aromatic N) is 2. The first-order chi connectivity index (χ1) is 12.4. The molecule has 2 aromatic rings. The molecule has 1 aromatic carbocycles. The zero-order chi connectivity index (χ0) is 19.1. The van der Waals surface area contributed by atoms with E-state index in [1.165, 1.54) is 16.2 Å². The SMILES string of the molecule is CCCCCNC(=O)N(C)c1ncc(-c2ccc(C(C)C(=O)O)cc2)s1. The number of carbonyl (C=O) groups is 2. The third kappa shape index (κ3) is 5.05. The number of amides is 2. The van der Waals surface area contributed by atoms with Crippen molar-refractivity contribution in [3.63, 3.8) is 0 Å². The molecule has 1 atom stereocenters. The molecule has 140 valence electrons. The van der Waals surface area contributed by atoms with Crippen molar-refractivity contribution in [3.8, 4) is 10.4 Å². The number of unbranched alkanes of at least 4 members (excludes halogenated alkanes) is 2. The third-order valence-corrected chi connectivity index (χ3v) is 5.33. The van der Waals surface area contributed by atoms with Gasteiger partial charge in [0, 0.05) is 19.8 Å². The molecule has 1 aromatic heterocycles. The van der Waals surface area contributed by atoms with Crippen LogP contribution in [0.2, 0.25) is 0 Å². The van der Waals surface area contributed by atoms with Crippen molar-refractivity contribution >= 4 is 28.5 Å². The van der Waals surface area contributed by atoms with Gasteiger partial charge in [-0.25, -0.2) is 9.78 Å². The second-order valence-corrected chi connectivity index (χ2v) is 7.20. The van der Waals surface area contributed by atoms with E-state index in [0.717, 1.165) is 35.3 Å². The molecule has 0 bridgehead atoms. The Balaban J connectivity index is 2.02. The van der Waals surface area contributed by atoms with Gasteiger partial charge in [0.1, 0.15) is 0 Å². The van der Waals surface area contributed by atoms with Crippen molar-refractivity contribution in [2.75, 3.05) is 18.5 Å². The van der Waals surface area contributed by atoms with Gasteiger partial charge in [0.15, 0.2) is 5.13 Å². The number of aromatic nitrogens is 1. The summed E-state index contributed by atoms with van der Waals surface area (Å²) in [5.41, 5.74) is 1.71. The molecule has 0 aliphatic rings. The molecule has 0 radical (unpaired) electrons. The topological polar surface area (TPSA) is 82.5 Å². The fourth-order valence-electron chi connectivity index (χ4n) is 2.41. The molecule has 26 heavy (non-hydrogen) atoms. The smallest absolute Gasteiger partial charge is 0.323 e. The molecule has 1 unspecified atom stereocenters. The lowest BCUT2D eigenvalue weighted by Gasteiger charge is -2.14. The summed E-state index contributed by atoms with van der Waals surface area (Å²) in [5.74, 6) is -1.38. The number of carbonyl (C=O) groups excluding carboxylic acids is 1. The Morgan fingerprint density at radius 2 is 1.96 bits per heavy atom. The molecule has 2 rings (SSSR count). The van der Waals surface area contributed by atoms with Crippen LogP contribution in [-0.2, 0) is 4.79 Å². The van der Waals surface area contributed by atoms with Crippen molar-refractivity contribution in [3.05, 3.63) is 36.0 Å². The Labute approximate surface area is 157 Å². The molecular weight excluding hydrogens is 350 g/mol. The average Bonchev–Trinajstić information content (AvgIpc) is 3.14. The third-order valence-electron chi connectivity index (χ3n) is 4.21. The molecular formula is C19H25N3O3S.